The summed E-state index contributed by atoms with van der Waals surface area (Å²) in [6, 6.07) is -2.20. The molecule has 1 aliphatic heterocycles. The summed E-state index contributed by atoms with van der Waals surface area (Å²) in [5.74, 6) is -1.32. The molecule has 0 saturated carbocycles. The molecule has 1 aliphatic rings. The van der Waals surface area contributed by atoms with E-state index >= 15 is 0 Å². The molecule has 19 heavy (non-hydrogen) atoms. The monoisotopic (exact) mass is 283 g/mol. The van der Waals surface area contributed by atoms with Crippen molar-refractivity contribution in [1.82, 2.24) is 4.90 Å². The van der Waals surface area contributed by atoms with Gasteiger partial charge in [0.05, 0.1) is 13.6 Å². The van der Waals surface area contributed by atoms with Crippen LogP contribution in [0.3, 0.4) is 0 Å². The van der Waals surface area contributed by atoms with E-state index in [9.17, 15) is 22.8 Å². The van der Waals surface area contributed by atoms with E-state index in [1.807, 2.05) is 13.8 Å². The van der Waals surface area contributed by atoms with Crippen LogP contribution in [0.4, 0.5) is 18.0 Å². The third-order valence-electron chi connectivity index (χ3n) is 3.06. The number of halogens is 3. The van der Waals surface area contributed by atoms with E-state index in [0.29, 0.717) is 11.4 Å². The Morgan fingerprint density at radius 2 is 2.05 bits per heavy atom. The highest BCUT2D eigenvalue weighted by atomic mass is 19.4. The van der Waals surface area contributed by atoms with E-state index in [1.54, 1.807) is 0 Å². The molecular formula is C11H18F3N2O3+. The van der Waals surface area contributed by atoms with Gasteiger partial charge in [0.15, 0.2) is 6.04 Å². The Bertz CT molecular complexity index is 384. The minimum Gasteiger partial charge on any atom is -0.480 e. The van der Waals surface area contributed by atoms with Crippen LogP contribution in [0.1, 0.15) is 13.8 Å². The first-order chi connectivity index (χ1) is 8.46. The fourth-order valence-corrected chi connectivity index (χ4v) is 2.54. The lowest BCUT2D eigenvalue weighted by Crippen LogP contribution is -2.50. The van der Waals surface area contributed by atoms with Crippen LogP contribution < -0.4 is 0 Å². The third kappa shape index (κ3) is 3.59. The number of alkyl halides is 3. The Kier molecular flexibility index (Phi) is 4.14. The minimum atomic E-state index is -4.60. The highest BCUT2D eigenvalue weighted by molar-refractivity contribution is 5.82. The first-order valence-corrected chi connectivity index (χ1v) is 5.91. The minimum absolute atomic E-state index is 0.0780. The van der Waals surface area contributed by atoms with Crippen LogP contribution >= 0.6 is 0 Å². The van der Waals surface area contributed by atoms with Gasteiger partial charge in [-0.15, -0.1) is 0 Å². The molecule has 0 radical (unpaired) electrons. The van der Waals surface area contributed by atoms with Crippen LogP contribution in [0.5, 0.6) is 0 Å². The van der Waals surface area contributed by atoms with E-state index in [0.717, 1.165) is 0 Å². The van der Waals surface area contributed by atoms with E-state index in [2.05, 4.69) is 0 Å². The zero-order valence-electron chi connectivity index (χ0n) is 11.1. The number of hydrogen-bond donors (Lipinski definition) is 1. The Morgan fingerprint density at radius 1 is 1.53 bits per heavy atom. The molecule has 0 aromatic carbocycles. The first-order valence-electron chi connectivity index (χ1n) is 5.91. The molecule has 0 bridgehead atoms. The molecule has 0 aromatic rings. The van der Waals surface area contributed by atoms with E-state index in [-0.39, 0.29) is 16.9 Å². The molecule has 2 atom stereocenters. The third-order valence-corrected chi connectivity index (χ3v) is 3.06. The number of hydrogen-bond acceptors (Lipinski definition) is 2. The number of carbonyl (C=O) groups is 2. The van der Waals surface area contributed by atoms with Gasteiger partial charge in [-0.1, -0.05) is 13.8 Å². The highest BCUT2D eigenvalue weighted by Gasteiger charge is 2.55. The lowest BCUT2D eigenvalue weighted by Gasteiger charge is -2.27. The number of urea groups is 1. The lowest BCUT2D eigenvalue weighted by atomic mass is 10.2. The van der Waals surface area contributed by atoms with Gasteiger partial charge in [0.1, 0.15) is 13.1 Å². The summed E-state index contributed by atoms with van der Waals surface area (Å²) in [7, 11) is 1.48. The second-order valence-electron chi connectivity index (χ2n) is 5.53. The standard InChI is InChI=1S/C11H17F3N2O3/c1-7(2)4-16(3)5-8(9(17)18)15(10(16)19)6-11(12,13)14/h7-8H,4-6H2,1-3H3/p+1. The van der Waals surface area contributed by atoms with Crippen molar-refractivity contribution in [1.29, 1.82) is 0 Å². The van der Waals surface area contributed by atoms with Gasteiger partial charge in [-0.3, -0.25) is 4.90 Å². The van der Waals surface area contributed by atoms with Crippen LogP contribution in [0.2, 0.25) is 0 Å². The van der Waals surface area contributed by atoms with Gasteiger partial charge in [0.2, 0.25) is 0 Å². The quantitative estimate of drug-likeness (QED) is 0.796. The summed E-state index contributed by atoms with van der Waals surface area (Å²) in [5.41, 5.74) is 0. The normalized spacial score (nSPS) is 28.3. The van der Waals surface area contributed by atoms with Crippen molar-refractivity contribution >= 4 is 12.0 Å². The maximum absolute atomic E-state index is 12.4. The zero-order chi connectivity index (χ0) is 15.0. The highest BCUT2D eigenvalue weighted by Crippen LogP contribution is 2.28. The summed E-state index contributed by atoms with van der Waals surface area (Å²) < 4.78 is 37.0. The number of likely N-dealkylation sites (N-methyl/N-ethyl adjacent to an activating group) is 1. The second-order valence-corrected chi connectivity index (χ2v) is 5.53. The maximum atomic E-state index is 12.4. The zero-order valence-corrected chi connectivity index (χ0v) is 11.1. The fraction of sp³-hybridized carbons (Fsp3) is 0.818. The van der Waals surface area contributed by atoms with Crippen molar-refractivity contribution in [3.05, 3.63) is 0 Å². The van der Waals surface area contributed by atoms with Gasteiger partial charge in [-0.2, -0.15) is 13.2 Å². The molecule has 1 saturated heterocycles. The summed E-state index contributed by atoms with van der Waals surface area (Å²) in [4.78, 5) is 23.6. The molecule has 2 unspecified atom stereocenters. The average molecular weight is 283 g/mol. The Hall–Kier alpha value is -1.31. The summed E-state index contributed by atoms with van der Waals surface area (Å²) in [6.07, 6.45) is -4.60. The number of amides is 2. The van der Waals surface area contributed by atoms with Crippen molar-refractivity contribution in [2.45, 2.75) is 26.1 Å². The molecular weight excluding hydrogens is 265 g/mol. The van der Waals surface area contributed by atoms with Gasteiger partial charge in [-0.05, 0) is 0 Å². The molecule has 2 amide bonds. The lowest BCUT2D eigenvalue weighted by molar-refractivity contribution is -0.825. The largest absolute Gasteiger partial charge is 0.480 e. The molecule has 5 nitrogen and oxygen atoms in total. The maximum Gasteiger partial charge on any atom is 0.420 e. The van der Waals surface area contributed by atoms with Crippen LogP contribution in [0.15, 0.2) is 0 Å². The molecule has 110 valence electrons. The predicted molar refractivity (Wildman–Crippen MR) is 60.3 cm³/mol. The summed E-state index contributed by atoms with van der Waals surface area (Å²) >= 11 is 0. The molecule has 8 heteroatoms. The van der Waals surface area contributed by atoms with Gasteiger partial charge < -0.3 is 5.11 Å². The van der Waals surface area contributed by atoms with E-state index < -0.39 is 30.8 Å². The summed E-state index contributed by atoms with van der Waals surface area (Å²) in [5, 5.41) is 8.99. The van der Waals surface area contributed by atoms with Gasteiger partial charge >= 0.3 is 18.2 Å². The summed E-state index contributed by atoms with van der Waals surface area (Å²) in [6.45, 7) is 2.33. The van der Waals surface area contributed by atoms with E-state index in [4.69, 9.17) is 5.11 Å². The SMILES string of the molecule is CC(C)C[N+]1(C)CC(C(=O)O)N(CC(F)(F)F)C1=O. The number of carboxylic acids is 1. The van der Waals surface area contributed by atoms with Crippen molar-refractivity contribution < 1.29 is 32.3 Å². The smallest absolute Gasteiger partial charge is 0.420 e. The number of aliphatic carboxylic acids is 1. The van der Waals surface area contributed by atoms with Crippen LogP contribution in [-0.2, 0) is 4.79 Å². The molecule has 0 aliphatic carbocycles. The topological polar surface area (TPSA) is 57.6 Å². The molecule has 1 N–H and O–H groups in total. The predicted octanol–water partition coefficient (Wildman–Crippen LogP) is 1.54. The van der Waals surface area contributed by atoms with Crippen molar-refractivity contribution in [2.75, 3.05) is 26.7 Å². The molecule has 0 aromatic heterocycles. The Morgan fingerprint density at radius 3 is 2.42 bits per heavy atom. The molecule has 1 heterocycles. The fourth-order valence-electron chi connectivity index (χ4n) is 2.54. The number of nitrogens with zero attached hydrogens (tertiary/aromatic N) is 2. The van der Waals surface area contributed by atoms with Crippen LogP contribution in [0, 0.1) is 5.92 Å². The number of carbonyl (C=O) groups excluding carboxylic acids is 1. The van der Waals surface area contributed by atoms with Crippen molar-refractivity contribution in [3.63, 3.8) is 0 Å². The number of rotatable bonds is 4. The molecule has 1 rings (SSSR count). The first kappa shape index (κ1) is 15.7. The molecule has 1 fully saturated rings. The Balaban J connectivity index is 3.01. The number of carboxylic acid groups (broad SMARTS) is 1. The van der Waals surface area contributed by atoms with Gasteiger partial charge in [-0.25, -0.2) is 14.1 Å². The van der Waals surface area contributed by atoms with Crippen molar-refractivity contribution in [3.8, 4) is 0 Å². The van der Waals surface area contributed by atoms with Crippen LogP contribution in [0.25, 0.3) is 0 Å². The number of quaternary nitrogens is 1. The molecule has 0 spiro atoms. The van der Waals surface area contributed by atoms with Crippen molar-refractivity contribution in [2.24, 2.45) is 5.92 Å². The van der Waals surface area contributed by atoms with Gasteiger partial charge in [0, 0.05) is 5.92 Å². The average Bonchev–Trinajstić information content (AvgIpc) is 2.39. The second kappa shape index (κ2) is 4.99. The van der Waals surface area contributed by atoms with E-state index in [1.165, 1.54) is 7.05 Å². The van der Waals surface area contributed by atoms with Gasteiger partial charge in [0.25, 0.3) is 0 Å². The Labute approximate surface area is 109 Å². The van der Waals surface area contributed by atoms with Crippen LogP contribution in [-0.4, -0.2) is 65.4 Å².